The topological polar surface area (TPSA) is 64.4 Å². The van der Waals surface area contributed by atoms with Gasteiger partial charge in [0.2, 0.25) is 10.0 Å². The van der Waals surface area contributed by atoms with Crippen molar-refractivity contribution in [2.75, 3.05) is 26.2 Å². The Labute approximate surface area is 157 Å². The predicted molar refractivity (Wildman–Crippen MR) is 96.5 cm³/mol. The van der Waals surface area contributed by atoms with Crippen LogP contribution >= 0.6 is 11.6 Å². The molecule has 1 atom stereocenters. The van der Waals surface area contributed by atoms with Crippen molar-refractivity contribution in [3.63, 3.8) is 0 Å². The number of benzene rings is 2. The second kappa shape index (κ2) is 7.72. The fourth-order valence-corrected chi connectivity index (χ4v) is 4.75. The van der Waals surface area contributed by atoms with Gasteiger partial charge in [-0.05, 0) is 24.3 Å². The number of nitriles is 1. The minimum atomic E-state index is -3.65. The molecule has 136 valence electrons. The molecule has 0 N–H and O–H groups in total. The van der Waals surface area contributed by atoms with Gasteiger partial charge in [-0.2, -0.15) is 9.57 Å². The zero-order chi connectivity index (χ0) is 18.7. The Bertz CT molecular complexity index is 937. The van der Waals surface area contributed by atoms with Crippen LogP contribution in [-0.2, 0) is 10.0 Å². The maximum absolute atomic E-state index is 14.0. The molecular weight excluding hydrogens is 377 g/mol. The third kappa shape index (κ3) is 3.74. The van der Waals surface area contributed by atoms with Crippen LogP contribution < -0.4 is 0 Å². The Kier molecular flexibility index (Phi) is 5.58. The van der Waals surface area contributed by atoms with Crippen LogP contribution in [0.25, 0.3) is 0 Å². The van der Waals surface area contributed by atoms with Crippen LogP contribution in [0.4, 0.5) is 4.39 Å². The molecule has 0 aromatic heterocycles. The summed E-state index contributed by atoms with van der Waals surface area (Å²) in [5.41, 5.74) is 0.307. The second-order valence-corrected chi connectivity index (χ2v) is 8.32. The molecule has 1 aliphatic rings. The van der Waals surface area contributed by atoms with Crippen LogP contribution in [0.3, 0.4) is 0 Å². The van der Waals surface area contributed by atoms with Gasteiger partial charge >= 0.3 is 0 Å². The van der Waals surface area contributed by atoms with Gasteiger partial charge in [0.1, 0.15) is 11.9 Å². The zero-order valence-electron chi connectivity index (χ0n) is 13.8. The summed E-state index contributed by atoms with van der Waals surface area (Å²) in [6.07, 6.45) is 0. The molecular formula is C18H17ClFN3O2S. The molecule has 0 bridgehead atoms. The lowest BCUT2D eigenvalue weighted by molar-refractivity contribution is 0.160. The Morgan fingerprint density at radius 1 is 1.08 bits per heavy atom. The van der Waals surface area contributed by atoms with Crippen molar-refractivity contribution in [1.82, 2.24) is 9.21 Å². The molecule has 1 saturated heterocycles. The van der Waals surface area contributed by atoms with Gasteiger partial charge in [0.05, 0.1) is 11.0 Å². The SMILES string of the molecule is N#CC(c1ccccc1F)N1CCN(S(=O)(=O)c2cccc(Cl)c2)CC1. The summed E-state index contributed by atoms with van der Waals surface area (Å²) in [6, 6.07) is 13.7. The number of sulfonamides is 1. The third-order valence-electron chi connectivity index (χ3n) is 4.39. The fourth-order valence-electron chi connectivity index (χ4n) is 3.02. The summed E-state index contributed by atoms with van der Waals surface area (Å²) in [6.45, 7) is 1.13. The fraction of sp³-hybridized carbons (Fsp3) is 0.278. The Morgan fingerprint density at radius 2 is 1.77 bits per heavy atom. The number of rotatable bonds is 4. The molecule has 8 heteroatoms. The highest BCUT2D eigenvalue weighted by Gasteiger charge is 2.32. The van der Waals surface area contributed by atoms with E-state index in [1.54, 1.807) is 35.2 Å². The first-order valence-electron chi connectivity index (χ1n) is 8.07. The molecule has 0 aliphatic carbocycles. The van der Waals surface area contributed by atoms with Crippen molar-refractivity contribution >= 4 is 21.6 Å². The van der Waals surface area contributed by atoms with Crippen molar-refractivity contribution in [1.29, 1.82) is 5.26 Å². The lowest BCUT2D eigenvalue weighted by atomic mass is 10.1. The summed E-state index contributed by atoms with van der Waals surface area (Å²) < 4.78 is 40.8. The smallest absolute Gasteiger partial charge is 0.243 e. The molecule has 1 unspecified atom stereocenters. The molecule has 5 nitrogen and oxygen atoms in total. The minimum Gasteiger partial charge on any atom is -0.282 e. The predicted octanol–water partition coefficient (Wildman–Crippen LogP) is 3.05. The van der Waals surface area contributed by atoms with E-state index < -0.39 is 21.9 Å². The lowest BCUT2D eigenvalue weighted by Crippen LogP contribution is -2.49. The normalized spacial score (nSPS) is 17.6. The summed E-state index contributed by atoms with van der Waals surface area (Å²) in [7, 11) is -3.65. The maximum atomic E-state index is 14.0. The minimum absolute atomic E-state index is 0.143. The highest BCUT2D eigenvalue weighted by Crippen LogP contribution is 2.26. The Hall–Kier alpha value is -1.98. The van der Waals surface area contributed by atoms with Crippen LogP contribution in [0, 0.1) is 17.1 Å². The molecule has 0 radical (unpaired) electrons. The van der Waals surface area contributed by atoms with Crippen LogP contribution in [0.5, 0.6) is 0 Å². The highest BCUT2D eigenvalue weighted by molar-refractivity contribution is 7.89. The van der Waals surface area contributed by atoms with E-state index in [9.17, 15) is 18.1 Å². The van der Waals surface area contributed by atoms with Crippen molar-refractivity contribution in [3.05, 3.63) is 64.9 Å². The van der Waals surface area contributed by atoms with Gasteiger partial charge < -0.3 is 0 Å². The quantitative estimate of drug-likeness (QED) is 0.800. The van der Waals surface area contributed by atoms with E-state index >= 15 is 0 Å². The molecule has 3 rings (SSSR count). The molecule has 1 heterocycles. The largest absolute Gasteiger partial charge is 0.282 e. The lowest BCUT2D eigenvalue weighted by Gasteiger charge is -2.36. The van der Waals surface area contributed by atoms with E-state index in [1.807, 2.05) is 0 Å². The molecule has 2 aromatic rings. The second-order valence-electron chi connectivity index (χ2n) is 5.95. The van der Waals surface area contributed by atoms with E-state index in [0.717, 1.165) is 0 Å². The van der Waals surface area contributed by atoms with Gasteiger partial charge in [0.15, 0.2) is 0 Å². The zero-order valence-corrected chi connectivity index (χ0v) is 15.4. The van der Waals surface area contributed by atoms with E-state index in [1.165, 1.54) is 22.5 Å². The number of halogens is 2. The summed E-state index contributed by atoms with van der Waals surface area (Å²) in [5, 5.41) is 9.84. The Morgan fingerprint density at radius 3 is 2.38 bits per heavy atom. The van der Waals surface area contributed by atoms with E-state index in [2.05, 4.69) is 6.07 Å². The van der Waals surface area contributed by atoms with E-state index in [-0.39, 0.29) is 18.0 Å². The van der Waals surface area contributed by atoms with Crippen molar-refractivity contribution in [2.45, 2.75) is 10.9 Å². The van der Waals surface area contributed by atoms with Gasteiger partial charge in [-0.25, -0.2) is 12.8 Å². The molecule has 0 amide bonds. The first-order valence-corrected chi connectivity index (χ1v) is 9.89. The van der Waals surface area contributed by atoms with Crippen molar-refractivity contribution < 1.29 is 12.8 Å². The van der Waals surface area contributed by atoms with E-state index in [0.29, 0.717) is 23.7 Å². The standard InChI is InChI=1S/C18H17ClFN3O2S/c19-14-4-3-5-15(12-14)26(24,25)23-10-8-22(9-11-23)18(13-21)16-6-1-2-7-17(16)20/h1-7,12,18H,8-11H2. The van der Waals surface area contributed by atoms with Gasteiger partial charge in [-0.15, -0.1) is 0 Å². The number of hydrogen-bond donors (Lipinski definition) is 0. The third-order valence-corrected chi connectivity index (χ3v) is 6.52. The average Bonchev–Trinajstić information content (AvgIpc) is 2.64. The maximum Gasteiger partial charge on any atom is 0.243 e. The molecule has 0 spiro atoms. The molecule has 26 heavy (non-hydrogen) atoms. The summed E-state index contributed by atoms with van der Waals surface area (Å²) in [5.74, 6) is -0.437. The van der Waals surface area contributed by atoms with Crippen LogP contribution in [-0.4, -0.2) is 43.8 Å². The van der Waals surface area contributed by atoms with Crippen LogP contribution in [0.1, 0.15) is 11.6 Å². The molecule has 0 saturated carbocycles. The van der Waals surface area contributed by atoms with Gasteiger partial charge in [0, 0.05) is 36.8 Å². The van der Waals surface area contributed by atoms with Crippen LogP contribution in [0.2, 0.25) is 5.02 Å². The van der Waals surface area contributed by atoms with Crippen molar-refractivity contribution in [2.24, 2.45) is 0 Å². The van der Waals surface area contributed by atoms with Crippen LogP contribution in [0.15, 0.2) is 53.4 Å². The first kappa shape index (κ1) is 18.8. The number of hydrogen-bond acceptors (Lipinski definition) is 4. The average molecular weight is 394 g/mol. The van der Waals surface area contributed by atoms with Gasteiger partial charge in [0.25, 0.3) is 0 Å². The van der Waals surface area contributed by atoms with E-state index in [4.69, 9.17) is 11.6 Å². The molecule has 1 fully saturated rings. The monoisotopic (exact) mass is 393 g/mol. The molecule has 1 aliphatic heterocycles. The first-order chi connectivity index (χ1) is 12.4. The van der Waals surface area contributed by atoms with Gasteiger partial charge in [-0.3, -0.25) is 4.90 Å². The van der Waals surface area contributed by atoms with Gasteiger partial charge in [-0.1, -0.05) is 35.9 Å². The highest BCUT2D eigenvalue weighted by atomic mass is 35.5. The summed E-state index contributed by atoms with van der Waals surface area (Å²) in [4.78, 5) is 1.94. The molecule has 2 aromatic carbocycles. The summed E-state index contributed by atoms with van der Waals surface area (Å²) >= 11 is 5.89. The number of piperazine rings is 1. The Balaban J connectivity index is 1.75. The number of nitrogens with zero attached hydrogens (tertiary/aromatic N) is 3. The van der Waals surface area contributed by atoms with Crippen molar-refractivity contribution in [3.8, 4) is 6.07 Å².